The van der Waals surface area contributed by atoms with Crippen molar-refractivity contribution in [1.29, 1.82) is 0 Å². The highest BCUT2D eigenvalue weighted by Crippen LogP contribution is 2.34. The van der Waals surface area contributed by atoms with Crippen LogP contribution >= 0.6 is 0 Å². The minimum absolute atomic E-state index is 0.0274. The van der Waals surface area contributed by atoms with E-state index in [0.717, 1.165) is 24.3 Å². The molecule has 1 aromatic carbocycles. The first kappa shape index (κ1) is 18.3. The number of methoxy groups -OCH3 is 1. The molecule has 3 heterocycles. The number of ether oxygens (including phenoxy) is 2. The molecule has 1 saturated heterocycles. The van der Waals surface area contributed by atoms with Gasteiger partial charge in [-0.1, -0.05) is 6.07 Å². The first-order valence-electron chi connectivity index (χ1n) is 9.54. The Balaban J connectivity index is 1.63. The Hall–Kier alpha value is -3.09. The summed E-state index contributed by atoms with van der Waals surface area (Å²) < 4.78 is 13.1. The van der Waals surface area contributed by atoms with Crippen LogP contribution in [0.15, 0.2) is 42.6 Å². The number of pyridine rings is 1. The van der Waals surface area contributed by atoms with Gasteiger partial charge in [-0.05, 0) is 57.0 Å². The lowest BCUT2D eigenvalue weighted by molar-refractivity contribution is 0.0728. The molecule has 0 spiro atoms. The summed E-state index contributed by atoms with van der Waals surface area (Å²) in [6, 6.07) is 11.0. The highest BCUT2D eigenvalue weighted by Gasteiger charge is 2.34. The van der Waals surface area contributed by atoms with Crippen LogP contribution in [0.1, 0.15) is 48.9 Å². The Labute approximate surface area is 163 Å². The highest BCUT2D eigenvalue weighted by atomic mass is 16.5. The quantitative estimate of drug-likeness (QED) is 0.678. The van der Waals surface area contributed by atoms with Crippen LogP contribution < -0.4 is 9.47 Å². The molecule has 7 nitrogen and oxygen atoms in total. The third-order valence-electron chi connectivity index (χ3n) is 4.93. The van der Waals surface area contributed by atoms with Crippen LogP contribution in [0.3, 0.4) is 0 Å². The SMILES string of the molecule is COc1cc(C(=O)N2CCCC2c2nnc3ccccn23)ccc1OC(C)C. The molecular formula is C21H24N4O3. The predicted molar refractivity (Wildman–Crippen MR) is 105 cm³/mol. The Morgan fingerprint density at radius 1 is 1.18 bits per heavy atom. The van der Waals surface area contributed by atoms with Crippen molar-refractivity contribution in [1.82, 2.24) is 19.5 Å². The standard InChI is InChI=1S/C21H24N4O3/c1-14(2)28-17-10-9-15(13-18(17)27-3)21(26)24-12-6-7-16(24)20-23-22-19-8-4-5-11-25(19)20/h4-5,8-11,13-14,16H,6-7,12H2,1-3H3. The number of likely N-dealkylation sites (tertiary alicyclic amines) is 1. The Bertz CT molecular complexity index is 998. The lowest BCUT2D eigenvalue weighted by atomic mass is 10.1. The van der Waals surface area contributed by atoms with E-state index in [1.807, 2.05) is 47.5 Å². The van der Waals surface area contributed by atoms with Crippen molar-refractivity contribution in [3.05, 3.63) is 54.0 Å². The van der Waals surface area contributed by atoms with E-state index in [0.29, 0.717) is 23.6 Å². The normalized spacial score (nSPS) is 16.7. The molecular weight excluding hydrogens is 356 g/mol. The Kier molecular flexibility index (Phi) is 4.90. The molecule has 1 unspecified atom stereocenters. The van der Waals surface area contributed by atoms with Gasteiger partial charge in [-0.25, -0.2) is 0 Å². The smallest absolute Gasteiger partial charge is 0.254 e. The number of aromatic nitrogens is 3. The zero-order valence-electron chi connectivity index (χ0n) is 16.3. The van der Waals surface area contributed by atoms with Gasteiger partial charge >= 0.3 is 0 Å². The van der Waals surface area contributed by atoms with E-state index in [4.69, 9.17) is 9.47 Å². The van der Waals surface area contributed by atoms with Crippen molar-refractivity contribution in [3.63, 3.8) is 0 Å². The lowest BCUT2D eigenvalue weighted by Gasteiger charge is -2.24. The van der Waals surface area contributed by atoms with Crippen LogP contribution in [0.2, 0.25) is 0 Å². The zero-order chi connectivity index (χ0) is 19.7. The lowest BCUT2D eigenvalue weighted by Crippen LogP contribution is -2.31. The first-order valence-corrected chi connectivity index (χ1v) is 9.54. The van der Waals surface area contributed by atoms with Gasteiger partial charge in [0, 0.05) is 18.3 Å². The summed E-state index contributed by atoms with van der Waals surface area (Å²) in [6.45, 7) is 4.60. The summed E-state index contributed by atoms with van der Waals surface area (Å²) in [4.78, 5) is 15.1. The Morgan fingerprint density at radius 3 is 2.82 bits per heavy atom. The predicted octanol–water partition coefficient (Wildman–Crippen LogP) is 3.50. The fourth-order valence-corrected chi connectivity index (χ4v) is 3.68. The molecule has 1 aliphatic rings. The maximum atomic E-state index is 13.3. The molecule has 0 saturated carbocycles. The molecule has 1 atom stereocenters. The largest absolute Gasteiger partial charge is 0.493 e. The molecule has 3 aromatic rings. The van der Waals surface area contributed by atoms with E-state index in [1.165, 1.54) is 0 Å². The van der Waals surface area contributed by atoms with Gasteiger partial charge in [0.2, 0.25) is 0 Å². The second-order valence-electron chi connectivity index (χ2n) is 7.18. The summed E-state index contributed by atoms with van der Waals surface area (Å²) in [7, 11) is 1.58. The van der Waals surface area contributed by atoms with E-state index < -0.39 is 0 Å². The average Bonchev–Trinajstić information content (AvgIpc) is 3.34. The summed E-state index contributed by atoms with van der Waals surface area (Å²) in [5.41, 5.74) is 1.36. The third-order valence-corrected chi connectivity index (χ3v) is 4.93. The third kappa shape index (κ3) is 3.28. The molecule has 4 rings (SSSR count). The van der Waals surface area contributed by atoms with Crippen molar-refractivity contribution in [2.75, 3.05) is 13.7 Å². The number of nitrogens with zero attached hydrogens (tertiary/aromatic N) is 4. The van der Waals surface area contributed by atoms with Gasteiger partial charge in [-0.3, -0.25) is 9.20 Å². The molecule has 1 amide bonds. The maximum Gasteiger partial charge on any atom is 0.254 e. The minimum Gasteiger partial charge on any atom is -0.493 e. The minimum atomic E-state index is -0.0949. The zero-order valence-corrected chi connectivity index (χ0v) is 16.3. The average molecular weight is 380 g/mol. The topological polar surface area (TPSA) is 69.0 Å². The van der Waals surface area contributed by atoms with Crippen molar-refractivity contribution in [2.24, 2.45) is 0 Å². The van der Waals surface area contributed by atoms with Crippen LogP contribution in [0.4, 0.5) is 0 Å². The molecule has 7 heteroatoms. The second kappa shape index (κ2) is 7.50. The van der Waals surface area contributed by atoms with Gasteiger partial charge in [0.15, 0.2) is 23.0 Å². The summed E-state index contributed by atoms with van der Waals surface area (Å²) in [5, 5.41) is 8.59. The number of hydrogen-bond donors (Lipinski definition) is 0. The van der Waals surface area contributed by atoms with Crippen LogP contribution in [0.25, 0.3) is 5.65 Å². The molecule has 0 bridgehead atoms. The summed E-state index contributed by atoms with van der Waals surface area (Å²) in [6.07, 6.45) is 3.77. The molecule has 1 fully saturated rings. The van der Waals surface area contributed by atoms with Crippen LogP contribution in [-0.4, -0.2) is 45.2 Å². The number of amides is 1. The molecule has 0 aliphatic carbocycles. The van der Waals surface area contributed by atoms with Crippen LogP contribution in [0, 0.1) is 0 Å². The van der Waals surface area contributed by atoms with Crippen LogP contribution in [0.5, 0.6) is 11.5 Å². The molecule has 0 N–H and O–H groups in total. The van der Waals surface area contributed by atoms with Crippen molar-refractivity contribution < 1.29 is 14.3 Å². The van der Waals surface area contributed by atoms with E-state index in [-0.39, 0.29) is 18.1 Å². The fraction of sp³-hybridized carbons (Fsp3) is 0.381. The summed E-state index contributed by atoms with van der Waals surface area (Å²) in [5.74, 6) is 1.96. The molecule has 1 aliphatic heterocycles. The molecule has 28 heavy (non-hydrogen) atoms. The maximum absolute atomic E-state index is 13.3. The first-order chi connectivity index (χ1) is 13.6. The second-order valence-corrected chi connectivity index (χ2v) is 7.18. The summed E-state index contributed by atoms with van der Waals surface area (Å²) >= 11 is 0. The molecule has 0 radical (unpaired) electrons. The fourth-order valence-electron chi connectivity index (χ4n) is 3.68. The van der Waals surface area contributed by atoms with Gasteiger partial charge in [-0.2, -0.15) is 0 Å². The number of carbonyl (C=O) groups is 1. The van der Waals surface area contributed by atoms with Gasteiger partial charge in [0.25, 0.3) is 5.91 Å². The van der Waals surface area contributed by atoms with Crippen LogP contribution in [-0.2, 0) is 0 Å². The van der Waals surface area contributed by atoms with Gasteiger partial charge < -0.3 is 14.4 Å². The van der Waals surface area contributed by atoms with E-state index in [2.05, 4.69) is 10.2 Å². The van der Waals surface area contributed by atoms with Crippen molar-refractivity contribution >= 4 is 11.6 Å². The molecule has 146 valence electrons. The molecule has 2 aromatic heterocycles. The van der Waals surface area contributed by atoms with Crippen molar-refractivity contribution in [2.45, 2.75) is 38.8 Å². The monoisotopic (exact) mass is 380 g/mol. The van der Waals surface area contributed by atoms with E-state index in [1.54, 1.807) is 25.3 Å². The number of carbonyl (C=O) groups excluding carboxylic acids is 1. The van der Waals surface area contributed by atoms with Gasteiger partial charge in [0.05, 0.1) is 19.3 Å². The van der Waals surface area contributed by atoms with Crippen molar-refractivity contribution in [3.8, 4) is 11.5 Å². The number of rotatable bonds is 5. The van der Waals surface area contributed by atoms with Gasteiger partial charge in [-0.15, -0.1) is 10.2 Å². The van der Waals surface area contributed by atoms with E-state index >= 15 is 0 Å². The van der Waals surface area contributed by atoms with Gasteiger partial charge in [0.1, 0.15) is 0 Å². The Morgan fingerprint density at radius 2 is 2.04 bits per heavy atom. The van der Waals surface area contributed by atoms with E-state index in [9.17, 15) is 4.79 Å². The number of benzene rings is 1. The number of hydrogen-bond acceptors (Lipinski definition) is 5. The number of fused-ring (bicyclic) bond motifs is 1. The highest BCUT2D eigenvalue weighted by molar-refractivity contribution is 5.95.